The van der Waals surface area contributed by atoms with Gasteiger partial charge in [-0.3, -0.25) is 9.36 Å². The third kappa shape index (κ3) is 5.53. The lowest BCUT2D eigenvalue weighted by Gasteiger charge is -2.11. The summed E-state index contributed by atoms with van der Waals surface area (Å²) in [6, 6.07) is 24.2. The van der Waals surface area contributed by atoms with E-state index in [4.69, 9.17) is 14.2 Å². The fourth-order valence-corrected chi connectivity index (χ4v) is 4.00. The van der Waals surface area contributed by atoms with Crippen LogP contribution in [-0.2, 0) is 6.61 Å². The number of para-hydroxylation sites is 1. The van der Waals surface area contributed by atoms with Crippen molar-refractivity contribution in [2.45, 2.75) is 11.8 Å². The molecule has 0 spiro atoms. The van der Waals surface area contributed by atoms with Crippen LogP contribution in [0.3, 0.4) is 0 Å². The van der Waals surface area contributed by atoms with Gasteiger partial charge in [-0.15, -0.1) is 10.2 Å². The zero-order valence-corrected chi connectivity index (χ0v) is 19.1. The molecule has 0 saturated carbocycles. The summed E-state index contributed by atoms with van der Waals surface area (Å²) in [5, 5.41) is 9.28. The second-order valence-electron chi connectivity index (χ2n) is 6.97. The van der Waals surface area contributed by atoms with Crippen LogP contribution in [0, 0.1) is 0 Å². The third-order valence-electron chi connectivity index (χ3n) is 4.89. The van der Waals surface area contributed by atoms with Crippen LogP contribution >= 0.6 is 11.8 Å². The molecule has 4 aromatic rings. The number of hydrogen-bond donors (Lipinski definition) is 0. The molecule has 0 radical (unpaired) electrons. The second kappa shape index (κ2) is 10.7. The van der Waals surface area contributed by atoms with E-state index in [1.807, 2.05) is 59.2 Å². The van der Waals surface area contributed by atoms with E-state index in [-0.39, 0.29) is 18.1 Å². The number of rotatable bonds is 10. The summed E-state index contributed by atoms with van der Waals surface area (Å²) >= 11 is 1.34. The first-order valence-corrected chi connectivity index (χ1v) is 11.2. The molecule has 0 saturated heterocycles. The Hall–Kier alpha value is -3.78. The Morgan fingerprint density at radius 3 is 2.06 bits per heavy atom. The van der Waals surface area contributed by atoms with E-state index in [2.05, 4.69) is 10.2 Å². The summed E-state index contributed by atoms with van der Waals surface area (Å²) in [5.41, 5.74) is 1.52. The monoisotopic (exact) mass is 461 g/mol. The number of methoxy groups -OCH3 is 2. The van der Waals surface area contributed by atoms with Crippen LogP contribution in [0.4, 0.5) is 0 Å². The Labute approximate surface area is 196 Å². The van der Waals surface area contributed by atoms with Crippen molar-refractivity contribution in [2.75, 3.05) is 20.0 Å². The maximum Gasteiger partial charge on any atom is 0.196 e. The molecule has 0 amide bonds. The van der Waals surface area contributed by atoms with Crippen LogP contribution in [0.5, 0.6) is 17.2 Å². The van der Waals surface area contributed by atoms with E-state index < -0.39 is 0 Å². The lowest BCUT2D eigenvalue weighted by molar-refractivity contribution is 0.102. The molecule has 1 heterocycles. The summed E-state index contributed by atoms with van der Waals surface area (Å²) in [6.07, 6.45) is 0. The van der Waals surface area contributed by atoms with E-state index in [1.165, 1.54) is 11.8 Å². The van der Waals surface area contributed by atoms with Gasteiger partial charge in [0.25, 0.3) is 0 Å². The van der Waals surface area contributed by atoms with Crippen molar-refractivity contribution in [2.24, 2.45) is 0 Å². The van der Waals surface area contributed by atoms with Crippen LogP contribution in [0.1, 0.15) is 16.2 Å². The number of carbonyl (C=O) groups excluding carboxylic acids is 1. The Morgan fingerprint density at radius 1 is 0.818 bits per heavy atom. The minimum atomic E-state index is 0.00120. The van der Waals surface area contributed by atoms with E-state index >= 15 is 0 Å². The molecule has 8 heteroatoms. The van der Waals surface area contributed by atoms with Crippen LogP contribution < -0.4 is 14.2 Å². The molecule has 168 valence electrons. The van der Waals surface area contributed by atoms with Gasteiger partial charge in [-0.05, 0) is 60.7 Å². The SMILES string of the molecule is COc1ccc(OCc2nnc(SCC(=O)c3ccc(OC)cc3)n2-c2ccccc2)cc1. The van der Waals surface area contributed by atoms with E-state index in [9.17, 15) is 4.79 Å². The number of nitrogens with zero attached hydrogens (tertiary/aromatic N) is 3. The van der Waals surface area contributed by atoms with Crippen molar-refractivity contribution in [3.8, 4) is 22.9 Å². The molecule has 0 N–H and O–H groups in total. The van der Waals surface area contributed by atoms with Crippen LogP contribution in [0.25, 0.3) is 5.69 Å². The maximum atomic E-state index is 12.7. The number of benzene rings is 3. The predicted molar refractivity (Wildman–Crippen MR) is 127 cm³/mol. The number of carbonyl (C=O) groups is 1. The Kier molecular flexibility index (Phi) is 7.26. The Balaban J connectivity index is 1.51. The fraction of sp³-hybridized carbons (Fsp3) is 0.160. The second-order valence-corrected chi connectivity index (χ2v) is 7.92. The van der Waals surface area contributed by atoms with Gasteiger partial charge >= 0.3 is 0 Å². The topological polar surface area (TPSA) is 75.5 Å². The molecule has 0 unspecified atom stereocenters. The number of hydrogen-bond acceptors (Lipinski definition) is 7. The van der Waals surface area contributed by atoms with Crippen molar-refractivity contribution < 1.29 is 19.0 Å². The molecule has 0 aliphatic heterocycles. The highest BCUT2D eigenvalue weighted by Crippen LogP contribution is 2.25. The van der Waals surface area contributed by atoms with Gasteiger partial charge in [0.05, 0.1) is 20.0 Å². The maximum absolute atomic E-state index is 12.7. The van der Waals surface area contributed by atoms with E-state index in [0.29, 0.717) is 28.0 Å². The predicted octanol–water partition coefficient (Wildman–Crippen LogP) is 4.84. The summed E-state index contributed by atoms with van der Waals surface area (Å²) in [6.45, 7) is 0.223. The molecular weight excluding hydrogens is 438 g/mol. The number of aromatic nitrogens is 3. The quantitative estimate of drug-likeness (QED) is 0.247. The highest BCUT2D eigenvalue weighted by Gasteiger charge is 2.17. The third-order valence-corrected chi connectivity index (χ3v) is 5.82. The number of ketones is 1. The van der Waals surface area contributed by atoms with Crippen LogP contribution in [0.2, 0.25) is 0 Å². The van der Waals surface area contributed by atoms with Gasteiger partial charge in [0.1, 0.15) is 23.9 Å². The first kappa shape index (κ1) is 22.4. The molecule has 0 atom stereocenters. The molecule has 7 nitrogen and oxygen atoms in total. The molecule has 3 aromatic carbocycles. The van der Waals surface area contributed by atoms with Gasteiger partial charge in [-0.25, -0.2) is 0 Å². The lowest BCUT2D eigenvalue weighted by atomic mass is 10.1. The largest absolute Gasteiger partial charge is 0.497 e. The standard InChI is InChI=1S/C25H23N3O4S/c1-30-20-10-8-18(9-11-20)23(29)17-33-25-27-26-24(28(25)19-6-4-3-5-7-19)16-32-22-14-12-21(31-2)13-15-22/h3-15H,16-17H2,1-2H3. The molecular formula is C25H23N3O4S. The van der Waals surface area contributed by atoms with Crippen molar-refractivity contribution in [1.29, 1.82) is 0 Å². The average Bonchev–Trinajstić information content (AvgIpc) is 3.29. The zero-order valence-electron chi connectivity index (χ0n) is 18.3. The first-order chi connectivity index (χ1) is 16.2. The molecule has 1 aromatic heterocycles. The molecule has 0 aliphatic carbocycles. The van der Waals surface area contributed by atoms with Crippen molar-refractivity contribution in [3.63, 3.8) is 0 Å². The highest BCUT2D eigenvalue weighted by molar-refractivity contribution is 7.99. The molecule has 0 fully saturated rings. The molecule has 33 heavy (non-hydrogen) atoms. The summed E-state index contributed by atoms with van der Waals surface area (Å²) in [4.78, 5) is 12.7. The highest BCUT2D eigenvalue weighted by atomic mass is 32.2. The number of Topliss-reactive ketones (excluding diaryl/α,β-unsaturated/α-hetero) is 1. The van der Waals surface area contributed by atoms with Gasteiger partial charge in [0.15, 0.2) is 16.8 Å². The van der Waals surface area contributed by atoms with Crippen LogP contribution in [-0.4, -0.2) is 40.5 Å². The summed E-state index contributed by atoms with van der Waals surface area (Å²) in [5.74, 6) is 3.04. The Bertz CT molecular complexity index is 1190. The van der Waals surface area contributed by atoms with Crippen molar-refractivity contribution in [1.82, 2.24) is 14.8 Å². The molecule has 0 aliphatic rings. The molecule has 0 bridgehead atoms. The smallest absolute Gasteiger partial charge is 0.196 e. The average molecular weight is 462 g/mol. The number of ether oxygens (including phenoxy) is 3. The molecule has 4 rings (SSSR count). The first-order valence-electron chi connectivity index (χ1n) is 10.2. The van der Waals surface area contributed by atoms with Gasteiger partial charge in [0, 0.05) is 11.3 Å². The Morgan fingerprint density at radius 2 is 1.42 bits per heavy atom. The zero-order chi connectivity index (χ0) is 23.0. The minimum absolute atomic E-state index is 0.00120. The van der Waals surface area contributed by atoms with Crippen LogP contribution in [0.15, 0.2) is 84.0 Å². The van der Waals surface area contributed by atoms with E-state index in [0.717, 1.165) is 11.4 Å². The lowest BCUT2D eigenvalue weighted by Crippen LogP contribution is -2.08. The van der Waals surface area contributed by atoms with Crippen molar-refractivity contribution >= 4 is 17.5 Å². The van der Waals surface area contributed by atoms with E-state index in [1.54, 1.807) is 38.5 Å². The van der Waals surface area contributed by atoms with Gasteiger partial charge in [0.2, 0.25) is 0 Å². The summed E-state index contributed by atoms with van der Waals surface area (Å²) in [7, 11) is 3.22. The van der Waals surface area contributed by atoms with Gasteiger partial charge in [-0.1, -0.05) is 30.0 Å². The van der Waals surface area contributed by atoms with Gasteiger partial charge in [-0.2, -0.15) is 0 Å². The fourth-order valence-electron chi connectivity index (χ4n) is 3.13. The summed E-state index contributed by atoms with van der Waals surface area (Å²) < 4.78 is 18.2. The minimum Gasteiger partial charge on any atom is -0.497 e. The van der Waals surface area contributed by atoms with Crippen molar-refractivity contribution in [3.05, 3.63) is 90.3 Å². The van der Waals surface area contributed by atoms with Gasteiger partial charge < -0.3 is 14.2 Å². The normalized spacial score (nSPS) is 10.6. The number of thioether (sulfide) groups is 1.